The highest BCUT2D eigenvalue weighted by atomic mass is 32.3. The number of ether oxygens (including phenoxy) is 2. The van der Waals surface area contributed by atoms with Crippen LogP contribution < -0.4 is 5.32 Å². The van der Waals surface area contributed by atoms with Gasteiger partial charge in [-0.3, -0.25) is 9.35 Å². The van der Waals surface area contributed by atoms with Crippen molar-refractivity contribution in [1.29, 1.82) is 0 Å². The van der Waals surface area contributed by atoms with Gasteiger partial charge in [-0.1, -0.05) is 276 Å². The molecule has 74 heavy (non-hydrogen) atoms. The van der Waals surface area contributed by atoms with Crippen LogP contribution in [0.15, 0.2) is 24.3 Å². The van der Waals surface area contributed by atoms with Crippen LogP contribution >= 0.6 is 0 Å². The van der Waals surface area contributed by atoms with Gasteiger partial charge >= 0.3 is 10.4 Å². The molecular weight excluding hydrogens is 955 g/mol. The summed E-state index contributed by atoms with van der Waals surface area (Å²) in [7, 11) is -5.08. The van der Waals surface area contributed by atoms with Crippen molar-refractivity contribution in [1.82, 2.24) is 5.32 Å². The van der Waals surface area contributed by atoms with E-state index in [4.69, 9.17) is 9.47 Å². The average Bonchev–Trinajstić information content (AvgIpc) is 3.38. The maximum atomic E-state index is 13.2. The zero-order valence-corrected chi connectivity index (χ0v) is 48.5. The lowest BCUT2D eigenvalue weighted by molar-refractivity contribution is -0.298. The summed E-state index contributed by atoms with van der Waals surface area (Å²) in [6.07, 6.45) is 54.7. The molecule has 7 atom stereocenters. The Kier molecular flexibility index (Phi) is 48.7. The third kappa shape index (κ3) is 42.6. The molecule has 0 aromatic heterocycles. The van der Waals surface area contributed by atoms with Crippen molar-refractivity contribution in [2.45, 2.75) is 346 Å². The number of allylic oxidation sites excluding steroid dienone is 4. The van der Waals surface area contributed by atoms with Crippen molar-refractivity contribution in [3.8, 4) is 0 Å². The smallest absolute Gasteiger partial charge is 0.394 e. The molecule has 1 aliphatic rings. The van der Waals surface area contributed by atoms with Crippen LogP contribution in [0.25, 0.3) is 0 Å². The van der Waals surface area contributed by atoms with Gasteiger partial charge in [-0.25, -0.2) is 4.18 Å². The van der Waals surface area contributed by atoms with Crippen LogP contribution in [0.4, 0.5) is 0 Å². The number of hydrogen-bond donors (Lipinski definition) is 6. The SMILES string of the molecule is CCCCCCCCCCC/C=C\C/C=C\CCCCCCCCCCCC(=O)NC(COC1OC(CO)C(O)C(OS(=O)(=O)O)C1O)C(O)CCCCCCCCCCCCCCCCCCCCCCCC. The maximum Gasteiger partial charge on any atom is 0.397 e. The highest BCUT2D eigenvalue weighted by molar-refractivity contribution is 7.80. The number of aliphatic hydroxyl groups excluding tert-OH is 4. The van der Waals surface area contributed by atoms with Crippen LogP contribution in [0.3, 0.4) is 0 Å². The number of carbonyl (C=O) groups is 1. The van der Waals surface area contributed by atoms with E-state index in [0.29, 0.717) is 12.8 Å². The highest BCUT2D eigenvalue weighted by Crippen LogP contribution is 2.26. The summed E-state index contributed by atoms with van der Waals surface area (Å²) < 4.78 is 48.0. The average molecular weight is 1070 g/mol. The Morgan fingerprint density at radius 2 is 0.905 bits per heavy atom. The molecule has 0 spiro atoms. The molecule has 0 bridgehead atoms. The summed E-state index contributed by atoms with van der Waals surface area (Å²) in [6, 6.07) is -0.861. The quantitative estimate of drug-likeness (QED) is 0.0193. The number of amides is 1. The van der Waals surface area contributed by atoms with E-state index in [2.05, 4.69) is 47.7 Å². The van der Waals surface area contributed by atoms with E-state index < -0.39 is 59.9 Å². The van der Waals surface area contributed by atoms with Crippen LogP contribution in [-0.4, -0.2) is 95.4 Å². The molecule has 13 heteroatoms. The topological polar surface area (TPSA) is 192 Å². The van der Waals surface area contributed by atoms with Crippen LogP contribution in [-0.2, 0) is 28.9 Å². The number of nitrogens with one attached hydrogen (secondary N) is 1. The summed E-state index contributed by atoms with van der Waals surface area (Å²) in [6.45, 7) is 3.50. The third-order valence-corrected chi connectivity index (χ3v) is 15.5. The largest absolute Gasteiger partial charge is 0.397 e. The zero-order valence-electron chi connectivity index (χ0n) is 47.7. The normalized spacial score (nSPS) is 19.3. The predicted octanol–water partition coefficient (Wildman–Crippen LogP) is 15.2. The van der Waals surface area contributed by atoms with Gasteiger partial charge in [0.15, 0.2) is 6.29 Å². The van der Waals surface area contributed by atoms with Gasteiger partial charge in [-0.15, -0.1) is 0 Å². The molecule has 1 rings (SSSR count). The Labute approximate surface area is 454 Å². The number of hydrogen-bond acceptors (Lipinski definition) is 10. The second kappa shape index (κ2) is 51.0. The van der Waals surface area contributed by atoms with Gasteiger partial charge in [-0.05, 0) is 44.9 Å². The maximum absolute atomic E-state index is 13.2. The van der Waals surface area contributed by atoms with Gasteiger partial charge < -0.3 is 35.2 Å². The Morgan fingerprint density at radius 1 is 0.541 bits per heavy atom. The number of rotatable bonds is 55. The minimum absolute atomic E-state index is 0.229. The molecule has 0 aliphatic carbocycles. The molecule has 0 aromatic carbocycles. The molecule has 7 unspecified atom stereocenters. The first-order valence-corrected chi connectivity index (χ1v) is 32.6. The summed E-state index contributed by atoms with van der Waals surface area (Å²) in [5, 5.41) is 45.2. The molecule has 1 amide bonds. The Bertz CT molecular complexity index is 1400. The Balaban J connectivity index is 2.32. The van der Waals surface area contributed by atoms with Gasteiger partial charge in [-0.2, -0.15) is 8.42 Å². The lowest BCUT2D eigenvalue weighted by Gasteiger charge is -2.41. The molecule has 1 saturated heterocycles. The Morgan fingerprint density at radius 3 is 1.28 bits per heavy atom. The molecule has 1 heterocycles. The van der Waals surface area contributed by atoms with Crippen molar-refractivity contribution in [2.24, 2.45) is 0 Å². The fraction of sp³-hybridized carbons (Fsp3) is 0.918. The first-order chi connectivity index (χ1) is 36.0. The van der Waals surface area contributed by atoms with E-state index >= 15 is 0 Å². The summed E-state index contributed by atoms with van der Waals surface area (Å²) >= 11 is 0. The number of carbonyl (C=O) groups excluding carboxylic acids is 1. The van der Waals surface area contributed by atoms with Crippen molar-refractivity contribution >= 4 is 16.3 Å². The summed E-state index contributed by atoms with van der Waals surface area (Å²) in [4.78, 5) is 13.2. The second-order valence-electron chi connectivity index (χ2n) is 22.0. The Hall–Kier alpha value is -1.42. The number of unbranched alkanes of at least 4 members (excludes halogenated alkanes) is 39. The number of aliphatic hydroxyl groups is 4. The third-order valence-electron chi connectivity index (χ3n) is 15.0. The monoisotopic (exact) mass is 1070 g/mol. The molecular formula is C61H117NO11S. The van der Waals surface area contributed by atoms with E-state index in [9.17, 15) is 38.2 Å². The van der Waals surface area contributed by atoms with Gasteiger partial charge in [0.25, 0.3) is 0 Å². The molecule has 0 aromatic rings. The van der Waals surface area contributed by atoms with Gasteiger partial charge in [0.1, 0.15) is 24.4 Å². The lowest BCUT2D eigenvalue weighted by Crippen LogP contribution is -2.61. The van der Waals surface area contributed by atoms with Crippen molar-refractivity contribution in [3.05, 3.63) is 24.3 Å². The molecule has 0 saturated carbocycles. The molecule has 438 valence electrons. The van der Waals surface area contributed by atoms with E-state index in [1.807, 2.05) is 0 Å². The van der Waals surface area contributed by atoms with E-state index in [1.165, 1.54) is 212 Å². The minimum atomic E-state index is -5.08. The van der Waals surface area contributed by atoms with Crippen molar-refractivity contribution in [3.63, 3.8) is 0 Å². The molecule has 6 N–H and O–H groups in total. The van der Waals surface area contributed by atoms with Gasteiger partial charge in [0, 0.05) is 6.42 Å². The summed E-state index contributed by atoms with van der Waals surface area (Å²) in [5.41, 5.74) is 0. The van der Waals surface area contributed by atoms with Crippen LogP contribution in [0.1, 0.15) is 303 Å². The molecule has 12 nitrogen and oxygen atoms in total. The van der Waals surface area contributed by atoms with Crippen LogP contribution in [0.5, 0.6) is 0 Å². The van der Waals surface area contributed by atoms with Crippen LogP contribution in [0, 0.1) is 0 Å². The van der Waals surface area contributed by atoms with Crippen molar-refractivity contribution < 1.29 is 51.8 Å². The zero-order chi connectivity index (χ0) is 54.0. The van der Waals surface area contributed by atoms with Gasteiger partial charge in [0.05, 0.1) is 25.4 Å². The van der Waals surface area contributed by atoms with Crippen molar-refractivity contribution in [2.75, 3.05) is 13.2 Å². The fourth-order valence-electron chi connectivity index (χ4n) is 10.2. The standard InChI is InChI=1S/C61H117NO11S/c1-3-5-7-9-11-13-15-17-19-21-23-25-27-28-29-31-33-35-37-39-41-43-45-47-49-51-57(65)62-54(53-71-61-59(67)60(73-74(68,69)70)58(66)56(52-63)72-61)55(64)50-48-46-44-42-40-38-36-34-32-30-26-24-22-20-18-16-14-12-10-8-6-4-2/h23,25,28-29,54-56,58-61,63-64,66-67H,3-22,24,26-27,30-53H2,1-2H3,(H,62,65)(H,68,69,70)/b25-23-,29-28-. The minimum Gasteiger partial charge on any atom is -0.394 e. The van der Waals surface area contributed by atoms with Crippen LogP contribution in [0.2, 0.25) is 0 Å². The summed E-state index contributed by atoms with van der Waals surface area (Å²) in [5.74, 6) is -0.229. The molecule has 1 aliphatic heterocycles. The first kappa shape index (κ1) is 70.6. The molecule has 1 fully saturated rings. The lowest BCUT2D eigenvalue weighted by atomic mass is 9.99. The highest BCUT2D eigenvalue weighted by Gasteiger charge is 2.48. The van der Waals surface area contributed by atoms with E-state index in [1.54, 1.807) is 0 Å². The predicted molar refractivity (Wildman–Crippen MR) is 305 cm³/mol. The van der Waals surface area contributed by atoms with E-state index in [-0.39, 0.29) is 18.9 Å². The first-order valence-electron chi connectivity index (χ1n) is 31.2. The molecule has 0 radical (unpaired) electrons. The second-order valence-corrected chi connectivity index (χ2v) is 23.0. The van der Waals surface area contributed by atoms with E-state index in [0.717, 1.165) is 57.8 Å². The van der Waals surface area contributed by atoms with Gasteiger partial charge in [0.2, 0.25) is 5.91 Å². The fourth-order valence-corrected chi connectivity index (χ4v) is 10.7.